The number of hydrogen-bond donors (Lipinski definition) is 4. The van der Waals surface area contributed by atoms with Crippen LogP contribution in [0.2, 0.25) is 0 Å². The van der Waals surface area contributed by atoms with E-state index in [1.54, 1.807) is 13.8 Å². The van der Waals surface area contributed by atoms with E-state index in [1.807, 2.05) is 0 Å². The SMILES string of the molecule is CC(C)[C@@H](N)C(=O)NNC(=O)C=Cn1cnc(-c2cc(C(F)(F)F)cc(C(F)(F)F)c2)n1.O=C(O)C(F)(F)F. The third-order valence-electron chi connectivity index (χ3n) is 4.31. The summed E-state index contributed by atoms with van der Waals surface area (Å²) in [5, 5.41) is 10.9. The number of carbonyl (C=O) groups excluding carboxylic acids is 2. The molecule has 0 unspecified atom stereocenters. The Morgan fingerprint density at radius 1 is 0.949 bits per heavy atom. The second-order valence-corrected chi connectivity index (χ2v) is 7.71. The van der Waals surface area contributed by atoms with E-state index in [9.17, 15) is 49.1 Å². The number of alkyl halides is 9. The zero-order chi connectivity index (χ0) is 30.3. The Bertz CT molecular complexity index is 1170. The number of nitrogens with one attached hydrogen (secondary N) is 2. The number of rotatable bonds is 5. The number of hydrogen-bond acceptors (Lipinski definition) is 6. The van der Waals surface area contributed by atoms with Gasteiger partial charge in [0.25, 0.3) is 11.8 Å². The predicted molar refractivity (Wildman–Crippen MR) is 114 cm³/mol. The van der Waals surface area contributed by atoms with E-state index in [1.165, 1.54) is 0 Å². The molecule has 2 aromatic rings. The molecule has 0 bridgehead atoms. The molecule has 10 nitrogen and oxygen atoms in total. The highest BCUT2D eigenvalue weighted by Crippen LogP contribution is 2.38. The fourth-order valence-electron chi connectivity index (χ4n) is 2.26. The molecule has 19 heteroatoms. The van der Waals surface area contributed by atoms with Crippen LogP contribution in [0, 0.1) is 5.92 Å². The molecule has 1 aromatic carbocycles. The normalized spacial score (nSPS) is 13.1. The number of halogens is 9. The maximum Gasteiger partial charge on any atom is 0.490 e. The zero-order valence-electron chi connectivity index (χ0n) is 19.6. The summed E-state index contributed by atoms with van der Waals surface area (Å²) >= 11 is 0. The number of carboxylic acids is 1. The van der Waals surface area contributed by atoms with Crippen molar-refractivity contribution in [3.8, 4) is 11.4 Å². The number of benzene rings is 1. The van der Waals surface area contributed by atoms with Gasteiger partial charge in [-0.2, -0.15) is 39.5 Å². The molecule has 0 aliphatic rings. The van der Waals surface area contributed by atoms with Crippen molar-refractivity contribution in [1.29, 1.82) is 0 Å². The molecule has 0 aliphatic carbocycles. The molecular formula is C20H19F9N6O4. The van der Waals surface area contributed by atoms with E-state index in [0.29, 0.717) is 12.1 Å². The van der Waals surface area contributed by atoms with Gasteiger partial charge in [0.1, 0.15) is 6.33 Å². The second-order valence-electron chi connectivity index (χ2n) is 7.71. The van der Waals surface area contributed by atoms with Gasteiger partial charge in [0.15, 0.2) is 5.82 Å². The fraction of sp³-hybridized carbons (Fsp3) is 0.350. The number of aliphatic carboxylic acids is 1. The first-order valence-corrected chi connectivity index (χ1v) is 10.2. The molecule has 5 N–H and O–H groups in total. The Morgan fingerprint density at radius 2 is 1.44 bits per heavy atom. The molecule has 2 amide bonds. The minimum atomic E-state index is -5.08. The van der Waals surface area contributed by atoms with Crippen molar-refractivity contribution >= 4 is 24.0 Å². The Morgan fingerprint density at radius 3 is 1.85 bits per heavy atom. The highest BCUT2D eigenvalue weighted by Gasteiger charge is 2.38. The Kier molecular flexibility index (Phi) is 10.6. The van der Waals surface area contributed by atoms with Crippen LogP contribution in [0.3, 0.4) is 0 Å². The zero-order valence-corrected chi connectivity index (χ0v) is 19.6. The number of nitrogens with zero attached hydrogens (tertiary/aromatic N) is 3. The van der Waals surface area contributed by atoms with E-state index in [0.717, 1.165) is 23.3 Å². The first kappa shape index (κ1) is 32.9. The van der Waals surface area contributed by atoms with Crippen LogP contribution >= 0.6 is 0 Å². The van der Waals surface area contributed by atoms with Crippen molar-refractivity contribution < 1.29 is 59.0 Å². The van der Waals surface area contributed by atoms with Crippen LogP contribution in [0.1, 0.15) is 25.0 Å². The number of amides is 2. The maximum atomic E-state index is 13.0. The summed E-state index contributed by atoms with van der Waals surface area (Å²) in [6.07, 6.45) is -12.2. The standard InChI is InChI=1S/C18H18F6N6O2.C2HF3O2/c1-9(2)14(25)16(32)28-27-13(31)3-4-30-8-26-15(29-30)10-5-11(17(19,20)21)7-12(6-10)18(22,23)24;3-2(4,5)1(6)7/h3-9,14H,25H2,1-2H3,(H,27,31)(H,28,32);(H,6,7)/t14-;/m1./s1. The molecule has 1 heterocycles. The van der Waals surface area contributed by atoms with Gasteiger partial charge in [0, 0.05) is 17.8 Å². The van der Waals surface area contributed by atoms with Crippen molar-refractivity contribution in [2.24, 2.45) is 11.7 Å². The topological polar surface area (TPSA) is 152 Å². The summed E-state index contributed by atoms with van der Waals surface area (Å²) in [7, 11) is 0. The molecule has 0 saturated carbocycles. The highest BCUT2D eigenvalue weighted by atomic mass is 19.4. The first-order chi connectivity index (χ1) is 17.6. The van der Waals surface area contributed by atoms with E-state index >= 15 is 0 Å². The summed E-state index contributed by atoms with van der Waals surface area (Å²) in [5.74, 6) is -4.79. The smallest absolute Gasteiger partial charge is 0.475 e. The largest absolute Gasteiger partial charge is 0.490 e. The Labute approximate surface area is 212 Å². The van der Waals surface area contributed by atoms with Crippen LogP contribution in [-0.4, -0.2) is 49.9 Å². The molecule has 0 radical (unpaired) electrons. The number of carbonyl (C=O) groups is 3. The highest BCUT2D eigenvalue weighted by molar-refractivity contribution is 5.92. The molecule has 1 atom stereocenters. The molecule has 0 aliphatic heterocycles. The van der Waals surface area contributed by atoms with Crippen LogP contribution in [0.25, 0.3) is 17.6 Å². The van der Waals surface area contributed by atoms with Crippen molar-refractivity contribution in [3.05, 3.63) is 41.7 Å². The van der Waals surface area contributed by atoms with Gasteiger partial charge in [-0.1, -0.05) is 13.8 Å². The second kappa shape index (κ2) is 12.6. The monoisotopic (exact) mass is 578 g/mol. The number of aromatic nitrogens is 3. The quantitative estimate of drug-likeness (QED) is 0.242. The first-order valence-electron chi connectivity index (χ1n) is 10.2. The third kappa shape index (κ3) is 10.6. The van der Waals surface area contributed by atoms with E-state index in [-0.39, 0.29) is 12.0 Å². The van der Waals surface area contributed by atoms with E-state index < -0.39 is 64.9 Å². The minimum Gasteiger partial charge on any atom is -0.475 e. The van der Waals surface area contributed by atoms with Gasteiger partial charge >= 0.3 is 24.5 Å². The summed E-state index contributed by atoms with van der Waals surface area (Å²) in [6, 6.07) is 0.105. The molecule has 2 rings (SSSR count). The lowest BCUT2D eigenvalue weighted by Gasteiger charge is -2.14. The Hall–Kier alpha value is -4.16. The molecular weight excluding hydrogens is 559 g/mol. The van der Waals surface area contributed by atoms with Gasteiger partial charge in [0.05, 0.1) is 17.2 Å². The van der Waals surface area contributed by atoms with Gasteiger partial charge in [0.2, 0.25) is 0 Å². The summed E-state index contributed by atoms with van der Waals surface area (Å²) in [4.78, 5) is 36.0. The number of hydrazine groups is 1. The van der Waals surface area contributed by atoms with E-state index in [2.05, 4.69) is 20.9 Å². The van der Waals surface area contributed by atoms with Crippen LogP contribution in [-0.2, 0) is 26.7 Å². The summed E-state index contributed by atoms with van der Waals surface area (Å²) in [5.41, 5.74) is 6.22. The lowest BCUT2D eigenvalue weighted by molar-refractivity contribution is -0.192. The average Bonchev–Trinajstić information content (AvgIpc) is 3.28. The number of nitrogens with two attached hydrogens (primary N) is 1. The molecule has 216 valence electrons. The molecule has 0 fully saturated rings. The lowest BCUT2D eigenvalue weighted by Crippen LogP contribution is -2.50. The fourth-order valence-corrected chi connectivity index (χ4v) is 2.26. The average molecular weight is 578 g/mol. The van der Waals surface area contributed by atoms with Gasteiger partial charge < -0.3 is 10.8 Å². The van der Waals surface area contributed by atoms with Crippen LogP contribution in [0.4, 0.5) is 39.5 Å². The molecule has 0 spiro atoms. The lowest BCUT2D eigenvalue weighted by atomic mass is 10.0. The van der Waals surface area contributed by atoms with Crippen LogP contribution in [0.15, 0.2) is 30.6 Å². The predicted octanol–water partition coefficient (Wildman–Crippen LogP) is 3.22. The van der Waals surface area contributed by atoms with E-state index in [4.69, 9.17) is 15.6 Å². The molecule has 1 aromatic heterocycles. The van der Waals surface area contributed by atoms with Crippen LogP contribution in [0.5, 0.6) is 0 Å². The van der Waals surface area contributed by atoms with Crippen molar-refractivity contribution in [2.45, 2.75) is 38.4 Å². The van der Waals surface area contributed by atoms with Crippen LogP contribution < -0.4 is 16.6 Å². The number of carboxylic acid groups (broad SMARTS) is 1. The van der Waals surface area contributed by atoms with Crippen molar-refractivity contribution in [3.63, 3.8) is 0 Å². The van der Waals surface area contributed by atoms with Crippen molar-refractivity contribution in [2.75, 3.05) is 0 Å². The third-order valence-corrected chi connectivity index (χ3v) is 4.31. The summed E-state index contributed by atoms with van der Waals surface area (Å²) < 4.78 is 111. The molecule has 0 saturated heterocycles. The van der Waals surface area contributed by atoms with Crippen molar-refractivity contribution in [1.82, 2.24) is 25.6 Å². The Balaban J connectivity index is 0.000000956. The maximum absolute atomic E-state index is 13.0. The molecule has 39 heavy (non-hydrogen) atoms. The summed E-state index contributed by atoms with van der Waals surface area (Å²) in [6.45, 7) is 3.41. The van der Waals surface area contributed by atoms with Gasteiger partial charge in [-0.15, -0.1) is 5.10 Å². The van der Waals surface area contributed by atoms with Gasteiger partial charge in [-0.05, 0) is 24.1 Å². The minimum absolute atomic E-state index is 0.00971. The van der Waals surface area contributed by atoms with Gasteiger partial charge in [-0.3, -0.25) is 20.4 Å². The van der Waals surface area contributed by atoms with Gasteiger partial charge in [-0.25, -0.2) is 14.5 Å².